The highest BCUT2D eigenvalue weighted by molar-refractivity contribution is 7.92. The molecule has 0 spiro atoms. The number of aromatic nitrogens is 1. The molecule has 166 valence electrons. The molecule has 0 aliphatic heterocycles. The first-order valence-electron chi connectivity index (χ1n) is 9.93. The minimum absolute atomic E-state index is 0.0583. The van der Waals surface area contributed by atoms with Crippen LogP contribution in [0.1, 0.15) is 17.0 Å². The number of para-hydroxylation sites is 2. The van der Waals surface area contributed by atoms with Gasteiger partial charge in [-0.05, 0) is 38.2 Å². The Hall–Kier alpha value is -3.43. The number of rotatable bonds is 7. The molecule has 0 amide bonds. The van der Waals surface area contributed by atoms with Gasteiger partial charge in [0.05, 0.1) is 34.8 Å². The summed E-state index contributed by atoms with van der Waals surface area (Å²) >= 11 is 0. The summed E-state index contributed by atoms with van der Waals surface area (Å²) < 4.78 is 37.3. The molecule has 0 aliphatic carbocycles. The zero-order valence-electron chi connectivity index (χ0n) is 18.0. The van der Waals surface area contributed by atoms with Gasteiger partial charge in [0.25, 0.3) is 0 Å². The van der Waals surface area contributed by atoms with Gasteiger partial charge in [0.2, 0.25) is 15.9 Å². The molecule has 9 heteroatoms. The van der Waals surface area contributed by atoms with E-state index in [2.05, 4.69) is 9.71 Å². The van der Waals surface area contributed by atoms with Crippen LogP contribution in [0.15, 0.2) is 68.4 Å². The van der Waals surface area contributed by atoms with Crippen molar-refractivity contribution >= 4 is 26.7 Å². The van der Waals surface area contributed by atoms with Gasteiger partial charge in [-0.3, -0.25) is 14.4 Å². The van der Waals surface area contributed by atoms with Gasteiger partial charge in [-0.15, -0.1) is 0 Å². The lowest BCUT2D eigenvalue weighted by Gasteiger charge is -2.15. The Labute approximate surface area is 185 Å². The third-order valence-corrected chi connectivity index (χ3v) is 5.55. The van der Waals surface area contributed by atoms with Crippen molar-refractivity contribution in [3.8, 4) is 11.5 Å². The Morgan fingerprint density at radius 3 is 2.56 bits per heavy atom. The van der Waals surface area contributed by atoms with E-state index in [1.54, 1.807) is 43.3 Å². The summed E-state index contributed by atoms with van der Waals surface area (Å²) in [6, 6.07) is 14.1. The highest BCUT2D eigenvalue weighted by Gasteiger charge is 2.18. The summed E-state index contributed by atoms with van der Waals surface area (Å²) in [7, 11) is -1.57. The van der Waals surface area contributed by atoms with E-state index in [9.17, 15) is 13.2 Å². The van der Waals surface area contributed by atoms with Gasteiger partial charge in [-0.2, -0.15) is 0 Å². The third-order valence-electron chi connectivity index (χ3n) is 4.96. The summed E-state index contributed by atoms with van der Waals surface area (Å²) in [4.78, 5) is 19.3. The number of fused-ring (bicyclic) bond motifs is 1. The molecule has 4 rings (SSSR count). The van der Waals surface area contributed by atoms with Gasteiger partial charge in [0.1, 0.15) is 11.3 Å². The van der Waals surface area contributed by atoms with Crippen LogP contribution in [0.25, 0.3) is 22.4 Å². The van der Waals surface area contributed by atoms with Gasteiger partial charge in [-0.1, -0.05) is 24.3 Å². The average molecular weight is 454 g/mol. The van der Waals surface area contributed by atoms with E-state index in [0.717, 1.165) is 6.26 Å². The molecule has 4 aromatic rings. The van der Waals surface area contributed by atoms with E-state index >= 15 is 0 Å². The van der Waals surface area contributed by atoms with Crippen LogP contribution in [-0.2, 0) is 23.1 Å². The SMILES string of the molecule is Cc1oc(-c2ccccc2NS(C)(=O)=O)nc1CN(C)Cc1coc2ccccc2c1=O. The van der Waals surface area contributed by atoms with E-state index in [-0.39, 0.29) is 5.43 Å². The second-order valence-electron chi connectivity index (χ2n) is 7.70. The molecule has 0 unspecified atom stereocenters. The minimum Gasteiger partial charge on any atom is -0.464 e. The van der Waals surface area contributed by atoms with Crippen LogP contribution >= 0.6 is 0 Å². The number of sulfonamides is 1. The molecule has 8 nitrogen and oxygen atoms in total. The molecule has 2 aromatic carbocycles. The zero-order valence-corrected chi connectivity index (χ0v) is 18.8. The van der Waals surface area contributed by atoms with Gasteiger partial charge in [0.15, 0.2) is 5.43 Å². The van der Waals surface area contributed by atoms with Gasteiger partial charge in [0, 0.05) is 18.7 Å². The molecule has 0 saturated carbocycles. The van der Waals surface area contributed by atoms with Crippen LogP contribution in [0.5, 0.6) is 0 Å². The lowest BCUT2D eigenvalue weighted by atomic mass is 10.1. The predicted molar refractivity (Wildman–Crippen MR) is 123 cm³/mol. The lowest BCUT2D eigenvalue weighted by Crippen LogP contribution is -2.22. The van der Waals surface area contributed by atoms with Crippen LogP contribution in [-0.4, -0.2) is 31.6 Å². The van der Waals surface area contributed by atoms with Crippen molar-refractivity contribution in [2.24, 2.45) is 0 Å². The number of nitrogens with zero attached hydrogens (tertiary/aromatic N) is 2. The normalized spacial score (nSPS) is 11.9. The third kappa shape index (κ3) is 4.74. The Bertz CT molecular complexity index is 1440. The molecule has 0 bridgehead atoms. The molecule has 32 heavy (non-hydrogen) atoms. The van der Waals surface area contributed by atoms with Crippen molar-refractivity contribution < 1.29 is 17.3 Å². The van der Waals surface area contributed by atoms with Gasteiger partial charge in [-0.25, -0.2) is 13.4 Å². The standard InChI is InChI=1S/C23H23N3O5S/c1-15-20(24-23(31-15)17-8-4-6-10-19(17)25-32(3,28)29)13-26(2)12-16-14-30-21-11-7-5-9-18(21)22(16)27/h4-11,14,25H,12-13H2,1-3H3. The van der Waals surface area contributed by atoms with Gasteiger partial charge >= 0.3 is 0 Å². The summed E-state index contributed by atoms with van der Waals surface area (Å²) in [6.45, 7) is 2.61. The number of hydrogen-bond donors (Lipinski definition) is 1. The fraction of sp³-hybridized carbons (Fsp3) is 0.217. The molecule has 0 radical (unpaired) electrons. The monoisotopic (exact) mass is 453 g/mol. The largest absolute Gasteiger partial charge is 0.464 e. The summed E-state index contributed by atoms with van der Waals surface area (Å²) in [5, 5.41) is 0.549. The maximum Gasteiger partial charge on any atom is 0.229 e. The lowest BCUT2D eigenvalue weighted by molar-refractivity contribution is 0.310. The van der Waals surface area contributed by atoms with Crippen LogP contribution < -0.4 is 10.2 Å². The molecular formula is C23H23N3O5S. The van der Waals surface area contributed by atoms with E-state index in [0.29, 0.717) is 58.2 Å². The summed E-state index contributed by atoms with van der Waals surface area (Å²) in [6.07, 6.45) is 2.59. The number of aryl methyl sites for hydroxylation is 1. The van der Waals surface area contributed by atoms with Crippen molar-refractivity contribution in [3.63, 3.8) is 0 Å². The number of benzene rings is 2. The zero-order chi connectivity index (χ0) is 22.9. The first-order chi connectivity index (χ1) is 15.2. The van der Waals surface area contributed by atoms with E-state index < -0.39 is 10.0 Å². The molecule has 2 aromatic heterocycles. The van der Waals surface area contributed by atoms with Crippen LogP contribution in [0, 0.1) is 6.92 Å². The summed E-state index contributed by atoms with van der Waals surface area (Å²) in [5.41, 5.74) is 2.69. The molecule has 0 aliphatic rings. The van der Waals surface area contributed by atoms with Crippen molar-refractivity contribution in [3.05, 3.63) is 82.0 Å². The minimum atomic E-state index is -3.45. The van der Waals surface area contributed by atoms with E-state index in [4.69, 9.17) is 8.83 Å². The maximum atomic E-state index is 12.7. The van der Waals surface area contributed by atoms with Crippen molar-refractivity contribution in [1.82, 2.24) is 9.88 Å². The molecule has 0 saturated heterocycles. The van der Waals surface area contributed by atoms with E-state index in [1.807, 2.05) is 24.1 Å². The first kappa shape index (κ1) is 21.8. The average Bonchev–Trinajstić information content (AvgIpc) is 3.09. The van der Waals surface area contributed by atoms with E-state index in [1.165, 1.54) is 6.26 Å². The second-order valence-corrected chi connectivity index (χ2v) is 9.45. The first-order valence-corrected chi connectivity index (χ1v) is 11.8. The maximum absolute atomic E-state index is 12.7. The highest BCUT2D eigenvalue weighted by Crippen LogP contribution is 2.29. The fourth-order valence-electron chi connectivity index (χ4n) is 3.48. The molecule has 1 N–H and O–H groups in total. The highest BCUT2D eigenvalue weighted by atomic mass is 32.2. The Balaban J connectivity index is 1.56. The number of oxazole rings is 1. The Morgan fingerprint density at radius 2 is 1.78 bits per heavy atom. The summed E-state index contributed by atoms with van der Waals surface area (Å²) in [5.74, 6) is 0.939. The fourth-order valence-corrected chi connectivity index (χ4v) is 4.06. The second kappa shape index (κ2) is 8.60. The smallest absolute Gasteiger partial charge is 0.229 e. The van der Waals surface area contributed by atoms with Crippen molar-refractivity contribution in [2.75, 3.05) is 18.0 Å². The molecule has 0 fully saturated rings. The molecule has 2 heterocycles. The Kier molecular flexibility index (Phi) is 5.86. The predicted octanol–water partition coefficient (Wildman–Crippen LogP) is 3.76. The number of nitrogens with one attached hydrogen (secondary N) is 1. The number of hydrogen-bond acceptors (Lipinski definition) is 7. The van der Waals surface area contributed by atoms with Crippen LogP contribution in [0.4, 0.5) is 5.69 Å². The number of anilines is 1. The van der Waals surface area contributed by atoms with Crippen molar-refractivity contribution in [1.29, 1.82) is 0 Å². The quantitative estimate of drug-likeness (QED) is 0.454. The Morgan fingerprint density at radius 1 is 1.06 bits per heavy atom. The molecule has 0 atom stereocenters. The topological polar surface area (TPSA) is 106 Å². The van der Waals surface area contributed by atoms with Crippen molar-refractivity contribution in [2.45, 2.75) is 20.0 Å². The van der Waals surface area contributed by atoms with Crippen LogP contribution in [0.2, 0.25) is 0 Å². The van der Waals surface area contributed by atoms with Gasteiger partial charge < -0.3 is 8.83 Å². The van der Waals surface area contributed by atoms with Crippen LogP contribution in [0.3, 0.4) is 0 Å². The molecular weight excluding hydrogens is 430 g/mol.